The zero-order valence-corrected chi connectivity index (χ0v) is 14.5. The van der Waals surface area contributed by atoms with Crippen molar-refractivity contribution in [1.82, 2.24) is 0 Å². The van der Waals surface area contributed by atoms with Gasteiger partial charge in [-0.05, 0) is 30.2 Å². The molecule has 0 saturated heterocycles. The fourth-order valence-corrected chi connectivity index (χ4v) is 1.73. The van der Waals surface area contributed by atoms with Crippen molar-refractivity contribution < 1.29 is 19.1 Å². The average molecular weight is 345 g/mol. The fraction of sp³-hybridized carbons (Fsp3) is 0.500. The minimum atomic E-state index is -0.527. The summed E-state index contributed by atoms with van der Waals surface area (Å²) >= 11 is 0. The summed E-state index contributed by atoms with van der Waals surface area (Å²) in [5.41, 5.74) is 6.53. The average Bonchev–Trinajstić information content (AvgIpc) is 2.54. The molecule has 3 N–H and O–H groups in total. The predicted octanol–water partition coefficient (Wildman–Crippen LogP) is 2.36. The lowest BCUT2D eigenvalue weighted by Gasteiger charge is -2.17. The first-order valence-electron chi connectivity index (χ1n) is 7.34. The molecule has 0 aliphatic carbocycles. The van der Waals surface area contributed by atoms with Gasteiger partial charge < -0.3 is 20.5 Å². The second-order valence-electron chi connectivity index (χ2n) is 5.10. The molecule has 0 heterocycles. The molecule has 0 radical (unpaired) electrons. The van der Waals surface area contributed by atoms with Crippen LogP contribution in [0.2, 0.25) is 0 Å². The molecular weight excluding hydrogens is 320 g/mol. The topological polar surface area (TPSA) is 90.7 Å². The van der Waals surface area contributed by atoms with Crippen LogP contribution in [0.1, 0.15) is 26.7 Å². The van der Waals surface area contributed by atoms with E-state index in [4.69, 9.17) is 10.5 Å². The van der Waals surface area contributed by atoms with Gasteiger partial charge in [0.1, 0.15) is 5.75 Å². The number of anilines is 1. The van der Waals surface area contributed by atoms with Gasteiger partial charge >= 0.3 is 5.97 Å². The van der Waals surface area contributed by atoms with Crippen LogP contribution in [0.5, 0.6) is 5.75 Å². The van der Waals surface area contributed by atoms with Crippen LogP contribution in [0.4, 0.5) is 5.69 Å². The SMILES string of the molecule is CCC(C)C(N)C(=O)Nc1ccc(OCCC(=O)OC)cc1.Cl. The highest BCUT2D eigenvalue weighted by atomic mass is 35.5. The summed E-state index contributed by atoms with van der Waals surface area (Å²) < 4.78 is 9.93. The van der Waals surface area contributed by atoms with E-state index in [-0.39, 0.29) is 43.2 Å². The zero-order valence-electron chi connectivity index (χ0n) is 13.7. The van der Waals surface area contributed by atoms with Gasteiger partial charge in [0, 0.05) is 5.69 Å². The second kappa shape index (κ2) is 10.9. The molecule has 1 rings (SSSR count). The molecule has 1 aromatic carbocycles. The molecule has 130 valence electrons. The summed E-state index contributed by atoms with van der Waals surface area (Å²) in [6, 6.07) is 6.38. The maximum absolute atomic E-state index is 12.0. The standard InChI is InChI=1S/C16H24N2O4.ClH/c1-4-11(2)15(17)16(20)18-12-5-7-13(8-6-12)22-10-9-14(19)21-3;/h5-8,11,15H,4,9-10,17H2,1-3H3,(H,18,20);1H. The van der Waals surface area contributed by atoms with Gasteiger partial charge in [0.2, 0.25) is 5.91 Å². The summed E-state index contributed by atoms with van der Waals surface area (Å²) in [5.74, 6) is 0.227. The molecule has 2 unspecified atom stereocenters. The van der Waals surface area contributed by atoms with Gasteiger partial charge in [-0.3, -0.25) is 9.59 Å². The molecule has 0 spiro atoms. The van der Waals surface area contributed by atoms with Crippen molar-refractivity contribution in [1.29, 1.82) is 0 Å². The summed E-state index contributed by atoms with van der Waals surface area (Å²) in [7, 11) is 1.34. The Hall–Kier alpha value is -1.79. The molecule has 7 heteroatoms. The Morgan fingerprint density at radius 1 is 1.26 bits per heavy atom. The first-order chi connectivity index (χ1) is 10.5. The van der Waals surface area contributed by atoms with Crippen LogP contribution in [0.15, 0.2) is 24.3 Å². The van der Waals surface area contributed by atoms with Gasteiger partial charge in [-0.2, -0.15) is 0 Å². The van der Waals surface area contributed by atoms with E-state index in [1.165, 1.54) is 7.11 Å². The Bertz CT molecular complexity index is 493. The molecule has 0 aliphatic heterocycles. The monoisotopic (exact) mass is 344 g/mol. The first kappa shape index (κ1) is 21.2. The molecule has 1 amide bonds. The summed E-state index contributed by atoms with van der Waals surface area (Å²) in [6.07, 6.45) is 1.04. The third-order valence-electron chi connectivity index (χ3n) is 3.48. The normalized spacial score (nSPS) is 12.5. The van der Waals surface area contributed by atoms with Crippen molar-refractivity contribution in [2.45, 2.75) is 32.7 Å². The highest BCUT2D eigenvalue weighted by Gasteiger charge is 2.19. The Morgan fingerprint density at radius 2 is 1.87 bits per heavy atom. The summed E-state index contributed by atoms with van der Waals surface area (Å²) in [4.78, 5) is 22.9. The lowest BCUT2D eigenvalue weighted by atomic mass is 9.99. The first-order valence-corrected chi connectivity index (χ1v) is 7.34. The van der Waals surface area contributed by atoms with Crippen molar-refractivity contribution in [3.05, 3.63) is 24.3 Å². The number of rotatable bonds is 8. The summed E-state index contributed by atoms with van der Waals surface area (Å²) in [6.45, 7) is 4.19. The van der Waals surface area contributed by atoms with E-state index in [0.29, 0.717) is 11.4 Å². The van der Waals surface area contributed by atoms with Gasteiger partial charge in [-0.1, -0.05) is 20.3 Å². The smallest absolute Gasteiger partial charge is 0.308 e. The quantitative estimate of drug-likeness (QED) is 0.706. The van der Waals surface area contributed by atoms with Gasteiger partial charge in [-0.25, -0.2) is 0 Å². The Kier molecular flexibility index (Phi) is 10.0. The number of ether oxygens (including phenoxy) is 2. The lowest BCUT2D eigenvalue weighted by Crippen LogP contribution is -2.40. The predicted molar refractivity (Wildman–Crippen MR) is 91.9 cm³/mol. The Morgan fingerprint density at radius 3 is 2.39 bits per heavy atom. The van der Waals surface area contributed by atoms with Crippen molar-refractivity contribution in [2.75, 3.05) is 19.0 Å². The number of amides is 1. The molecule has 0 saturated carbocycles. The van der Waals surface area contributed by atoms with Crippen LogP contribution >= 0.6 is 12.4 Å². The molecule has 6 nitrogen and oxygen atoms in total. The third-order valence-corrected chi connectivity index (χ3v) is 3.48. The molecule has 2 atom stereocenters. The van der Waals surface area contributed by atoms with Crippen molar-refractivity contribution in [2.24, 2.45) is 11.7 Å². The number of methoxy groups -OCH3 is 1. The molecule has 0 aliphatic rings. The zero-order chi connectivity index (χ0) is 16.5. The minimum Gasteiger partial charge on any atom is -0.493 e. The molecule has 23 heavy (non-hydrogen) atoms. The van der Waals surface area contributed by atoms with Gasteiger partial charge in [0.15, 0.2) is 0 Å². The third kappa shape index (κ3) is 7.34. The largest absolute Gasteiger partial charge is 0.493 e. The highest BCUT2D eigenvalue weighted by molar-refractivity contribution is 5.94. The molecule has 0 aromatic heterocycles. The van der Waals surface area contributed by atoms with Gasteiger partial charge in [0.05, 0.1) is 26.2 Å². The van der Waals surface area contributed by atoms with Crippen LogP contribution in [0.25, 0.3) is 0 Å². The molecule has 1 aromatic rings. The van der Waals surface area contributed by atoms with Crippen molar-refractivity contribution in [3.8, 4) is 5.75 Å². The summed E-state index contributed by atoms with van der Waals surface area (Å²) in [5, 5.41) is 2.77. The number of carbonyl (C=O) groups excluding carboxylic acids is 2. The molecular formula is C16H25ClN2O4. The van der Waals surface area contributed by atoms with Crippen molar-refractivity contribution >= 4 is 30.0 Å². The van der Waals surface area contributed by atoms with E-state index in [0.717, 1.165) is 6.42 Å². The number of halogens is 1. The number of hydrogen-bond acceptors (Lipinski definition) is 5. The number of carbonyl (C=O) groups is 2. The molecule has 0 fully saturated rings. The lowest BCUT2D eigenvalue weighted by molar-refractivity contribution is -0.141. The Balaban J connectivity index is 0.00000484. The van der Waals surface area contributed by atoms with Crippen LogP contribution in [-0.4, -0.2) is 31.6 Å². The number of nitrogens with one attached hydrogen (secondary N) is 1. The van der Waals surface area contributed by atoms with E-state index in [1.54, 1.807) is 24.3 Å². The second-order valence-corrected chi connectivity index (χ2v) is 5.10. The van der Waals surface area contributed by atoms with Gasteiger partial charge in [0.25, 0.3) is 0 Å². The van der Waals surface area contributed by atoms with E-state index >= 15 is 0 Å². The maximum atomic E-state index is 12.0. The van der Waals surface area contributed by atoms with E-state index in [2.05, 4.69) is 10.1 Å². The molecule has 0 bridgehead atoms. The number of esters is 1. The Labute approximate surface area is 143 Å². The number of nitrogens with two attached hydrogens (primary N) is 1. The van der Waals surface area contributed by atoms with Gasteiger partial charge in [-0.15, -0.1) is 12.4 Å². The fourth-order valence-electron chi connectivity index (χ4n) is 1.73. The van der Waals surface area contributed by atoms with Crippen molar-refractivity contribution in [3.63, 3.8) is 0 Å². The van der Waals surface area contributed by atoms with Crippen LogP contribution in [0.3, 0.4) is 0 Å². The van der Waals surface area contributed by atoms with Crippen LogP contribution in [0, 0.1) is 5.92 Å². The van der Waals surface area contributed by atoms with E-state index in [1.807, 2.05) is 13.8 Å². The number of benzene rings is 1. The van der Waals surface area contributed by atoms with E-state index < -0.39 is 6.04 Å². The van der Waals surface area contributed by atoms with Crippen LogP contribution < -0.4 is 15.8 Å². The highest BCUT2D eigenvalue weighted by Crippen LogP contribution is 2.17. The minimum absolute atomic E-state index is 0. The maximum Gasteiger partial charge on any atom is 0.308 e. The van der Waals surface area contributed by atoms with E-state index in [9.17, 15) is 9.59 Å². The van der Waals surface area contributed by atoms with Crippen LogP contribution in [-0.2, 0) is 14.3 Å². The number of hydrogen-bond donors (Lipinski definition) is 2.